The lowest BCUT2D eigenvalue weighted by Gasteiger charge is -2.07. The van der Waals surface area contributed by atoms with Crippen molar-refractivity contribution in [2.45, 2.75) is 12.6 Å². The average molecular weight is 289 g/mol. The minimum atomic E-state index is -4.69. The second-order valence-corrected chi connectivity index (χ2v) is 3.92. The molecule has 0 atom stereocenters. The number of oxazole rings is 1. The fraction of sp³-hybridized carbons (Fsp3) is 0.167. The first-order chi connectivity index (χ1) is 9.25. The maximum atomic E-state index is 13.2. The van der Waals surface area contributed by atoms with E-state index in [-0.39, 0.29) is 17.1 Å². The molecule has 0 aliphatic heterocycles. The van der Waals surface area contributed by atoms with E-state index in [0.717, 1.165) is 12.3 Å². The minimum Gasteiger partial charge on any atom is -0.481 e. The molecule has 0 unspecified atom stereocenters. The van der Waals surface area contributed by atoms with Gasteiger partial charge in [0.1, 0.15) is 24.2 Å². The molecule has 0 radical (unpaired) electrons. The number of rotatable bonds is 3. The third kappa shape index (κ3) is 3.14. The molecule has 2 rings (SSSR count). The Kier molecular flexibility index (Phi) is 3.47. The van der Waals surface area contributed by atoms with Gasteiger partial charge in [0.25, 0.3) is 0 Å². The van der Waals surface area contributed by atoms with Gasteiger partial charge in [-0.3, -0.25) is 4.79 Å². The van der Waals surface area contributed by atoms with E-state index in [1.54, 1.807) is 0 Å². The summed E-state index contributed by atoms with van der Waals surface area (Å²) < 4.78 is 55.7. The number of carboxylic acid groups (broad SMARTS) is 1. The zero-order valence-corrected chi connectivity index (χ0v) is 9.74. The second kappa shape index (κ2) is 4.95. The molecule has 106 valence electrons. The highest BCUT2D eigenvalue weighted by molar-refractivity contribution is 5.69. The van der Waals surface area contributed by atoms with Crippen molar-refractivity contribution in [2.75, 3.05) is 0 Å². The van der Waals surface area contributed by atoms with E-state index in [1.807, 2.05) is 0 Å². The first kappa shape index (κ1) is 14.0. The van der Waals surface area contributed by atoms with Crippen LogP contribution in [0.2, 0.25) is 0 Å². The summed E-state index contributed by atoms with van der Waals surface area (Å²) in [6, 6.07) is 1.94. The predicted octanol–water partition coefficient (Wildman–Crippen LogP) is 3.13. The minimum absolute atomic E-state index is 0.0637. The third-order valence-electron chi connectivity index (χ3n) is 2.38. The van der Waals surface area contributed by atoms with Crippen LogP contribution in [0.1, 0.15) is 11.5 Å². The van der Waals surface area contributed by atoms with Gasteiger partial charge in [0.2, 0.25) is 5.89 Å². The highest BCUT2D eigenvalue weighted by atomic mass is 19.4. The van der Waals surface area contributed by atoms with Crippen LogP contribution in [0.15, 0.2) is 28.9 Å². The number of carboxylic acids is 1. The Morgan fingerprint density at radius 2 is 2.00 bits per heavy atom. The number of carbonyl (C=O) groups is 1. The first-order valence-electron chi connectivity index (χ1n) is 5.30. The fourth-order valence-corrected chi connectivity index (χ4v) is 1.56. The Bertz CT molecular complexity index is 648. The van der Waals surface area contributed by atoms with E-state index in [9.17, 15) is 22.4 Å². The highest BCUT2D eigenvalue weighted by Crippen LogP contribution is 2.32. The van der Waals surface area contributed by atoms with E-state index >= 15 is 0 Å². The van der Waals surface area contributed by atoms with Crippen LogP contribution >= 0.6 is 0 Å². The van der Waals surface area contributed by atoms with Crippen LogP contribution in [0.5, 0.6) is 0 Å². The summed E-state index contributed by atoms with van der Waals surface area (Å²) in [5.74, 6) is -2.45. The topological polar surface area (TPSA) is 63.3 Å². The maximum absolute atomic E-state index is 13.2. The maximum Gasteiger partial charge on any atom is 0.416 e. The molecule has 0 spiro atoms. The van der Waals surface area contributed by atoms with Gasteiger partial charge in [0.05, 0.1) is 5.56 Å². The van der Waals surface area contributed by atoms with Gasteiger partial charge < -0.3 is 9.52 Å². The van der Waals surface area contributed by atoms with Crippen molar-refractivity contribution >= 4 is 5.97 Å². The van der Waals surface area contributed by atoms with Crippen LogP contribution < -0.4 is 0 Å². The van der Waals surface area contributed by atoms with Gasteiger partial charge >= 0.3 is 12.1 Å². The molecule has 0 aliphatic rings. The molecule has 0 amide bonds. The Labute approximate surface area is 109 Å². The lowest BCUT2D eigenvalue weighted by atomic mass is 10.1. The Hall–Kier alpha value is -2.38. The molecule has 1 aromatic carbocycles. The first-order valence-corrected chi connectivity index (χ1v) is 5.30. The lowest BCUT2D eigenvalue weighted by Crippen LogP contribution is -2.05. The highest BCUT2D eigenvalue weighted by Gasteiger charge is 2.31. The Morgan fingerprint density at radius 3 is 2.60 bits per heavy atom. The summed E-state index contributed by atoms with van der Waals surface area (Å²) in [7, 11) is 0. The molecule has 1 aromatic heterocycles. The van der Waals surface area contributed by atoms with Crippen LogP contribution in [0, 0.1) is 5.82 Å². The molecule has 0 saturated carbocycles. The summed E-state index contributed by atoms with van der Waals surface area (Å²) in [5, 5.41) is 8.53. The van der Waals surface area contributed by atoms with Gasteiger partial charge in [-0.25, -0.2) is 9.37 Å². The van der Waals surface area contributed by atoms with Crippen molar-refractivity contribution in [1.29, 1.82) is 0 Å². The van der Waals surface area contributed by atoms with E-state index in [4.69, 9.17) is 9.52 Å². The lowest BCUT2D eigenvalue weighted by molar-refractivity contribution is -0.138. The van der Waals surface area contributed by atoms with Crippen molar-refractivity contribution in [3.63, 3.8) is 0 Å². The number of hydrogen-bond acceptors (Lipinski definition) is 3. The summed E-state index contributed by atoms with van der Waals surface area (Å²) >= 11 is 0. The van der Waals surface area contributed by atoms with Gasteiger partial charge in [-0.2, -0.15) is 13.2 Å². The molecule has 0 saturated heterocycles. The molecule has 0 aliphatic carbocycles. The van der Waals surface area contributed by atoms with E-state index in [1.165, 1.54) is 0 Å². The molecule has 20 heavy (non-hydrogen) atoms. The summed E-state index contributed by atoms with van der Waals surface area (Å²) in [6.45, 7) is 0. The van der Waals surface area contributed by atoms with Gasteiger partial charge in [-0.1, -0.05) is 0 Å². The molecule has 0 fully saturated rings. The van der Waals surface area contributed by atoms with Crippen LogP contribution in [0.25, 0.3) is 11.3 Å². The molecule has 8 heteroatoms. The summed E-state index contributed by atoms with van der Waals surface area (Å²) in [5.41, 5.74) is -1.36. The molecular formula is C12H7F4NO3. The summed E-state index contributed by atoms with van der Waals surface area (Å²) in [4.78, 5) is 14.1. The van der Waals surface area contributed by atoms with E-state index in [2.05, 4.69) is 4.98 Å². The SMILES string of the molecule is O=C(O)Cc1nc(-c2cc(F)cc(C(F)(F)F)c2)co1. The van der Waals surface area contributed by atoms with Crippen molar-refractivity contribution in [1.82, 2.24) is 4.98 Å². The van der Waals surface area contributed by atoms with Crippen LogP contribution in [0.3, 0.4) is 0 Å². The zero-order chi connectivity index (χ0) is 14.9. The van der Waals surface area contributed by atoms with Gasteiger partial charge in [-0.05, 0) is 18.2 Å². The third-order valence-corrected chi connectivity index (χ3v) is 2.38. The fourth-order valence-electron chi connectivity index (χ4n) is 1.56. The van der Waals surface area contributed by atoms with Crippen LogP contribution in [-0.2, 0) is 17.4 Å². The van der Waals surface area contributed by atoms with Crippen molar-refractivity contribution in [2.24, 2.45) is 0 Å². The van der Waals surface area contributed by atoms with Crippen LogP contribution in [-0.4, -0.2) is 16.1 Å². The Morgan fingerprint density at radius 1 is 1.30 bits per heavy atom. The second-order valence-electron chi connectivity index (χ2n) is 3.92. The number of benzene rings is 1. The normalized spacial score (nSPS) is 11.6. The number of aliphatic carboxylic acids is 1. The van der Waals surface area contributed by atoms with Gasteiger partial charge in [0, 0.05) is 5.56 Å². The van der Waals surface area contributed by atoms with Crippen molar-refractivity contribution in [3.8, 4) is 11.3 Å². The van der Waals surface area contributed by atoms with Crippen molar-refractivity contribution < 1.29 is 31.9 Å². The van der Waals surface area contributed by atoms with Gasteiger partial charge in [-0.15, -0.1) is 0 Å². The molecule has 2 aromatic rings. The molecular weight excluding hydrogens is 282 g/mol. The quantitative estimate of drug-likeness (QED) is 0.882. The van der Waals surface area contributed by atoms with E-state index < -0.39 is 29.9 Å². The Balaban J connectivity index is 2.40. The number of aromatic nitrogens is 1. The number of hydrogen-bond donors (Lipinski definition) is 1. The largest absolute Gasteiger partial charge is 0.481 e. The van der Waals surface area contributed by atoms with Crippen molar-refractivity contribution in [3.05, 3.63) is 41.7 Å². The molecule has 4 nitrogen and oxygen atoms in total. The zero-order valence-electron chi connectivity index (χ0n) is 9.74. The standard InChI is InChI=1S/C12H7F4NO3/c13-8-2-6(1-7(3-8)12(14,15)16)9-5-20-10(17-9)4-11(18)19/h1-3,5H,4H2,(H,18,19). The monoisotopic (exact) mass is 289 g/mol. The number of alkyl halides is 3. The van der Waals surface area contributed by atoms with Gasteiger partial charge in [0.15, 0.2) is 0 Å². The summed E-state index contributed by atoms with van der Waals surface area (Å²) in [6.07, 6.45) is -4.22. The van der Waals surface area contributed by atoms with E-state index in [0.29, 0.717) is 12.1 Å². The smallest absolute Gasteiger partial charge is 0.416 e. The van der Waals surface area contributed by atoms with Crippen LogP contribution in [0.4, 0.5) is 17.6 Å². The predicted molar refractivity (Wildman–Crippen MR) is 58.2 cm³/mol. The number of nitrogens with zero attached hydrogens (tertiary/aromatic N) is 1. The average Bonchev–Trinajstić information content (AvgIpc) is 2.74. The number of halogens is 4. The molecule has 0 bridgehead atoms. The molecule has 1 N–H and O–H groups in total. The molecule has 1 heterocycles.